The van der Waals surface area contributed by atoms with Crippen molar-refractivity contribution in [3.63, 3.8) is 0 Å². The fraction of sp³-hybridized carbons (Fsp3) is 0.0870. The summed E-state index contributed by atoms with van der Waals surface area (Å²) in [4.78, 5) is 39.0. The molecular formula is C23H17ClN2O3. The van der Waals surface area contributed by atoms with Gasteiger partial charge in [0.25, 0.3) is 11.8 Å². The summed E-state index contributed by atoms with van der Waals surface area (Å²) >= 11 is 6.12. The van der Waals surface area contributed by atoms with E-state index in [0.717, 1.165) is 11.1 Å². The van der Waals surface area contributed by atoms with Gasteiger partial charge in [-0.25, -0.2) is 0 Å². The van der Waals surface area contributed by atoms with E-state index in [1.807, 2.05) is 18.2 Å². The fourth-order valence-electron chi connectivity index (χ4n) is 3.38. The number of benzene rings is 3. The number of amides is 2. The molecule has 0 heterocycles. The molecule has 0 atom stereocenters. The maximum atomic E-state index is 12.7. The predicted octanol–water partition coefficient (Wildman–Crippen LogP) is 4.51. The van der Waals surface area contributed by atoms with Crippen molar-refractivity contribution in [3.8, 4) is 11.1 Å². The molecule has 1 aliphatic rings. The molecule has 1 N–H and O–H groups in total. The number of carbonyl (C=O) groups excluding carboxylic acids is 3. The molecule has 0 aliphatic heterocycles. The van der Waals surface area contributed by atoms with Gasteiger partial charge in [-0.3, -0.25) is 14.4 Å². The van der Waals surface area contributed by atoms with Crippen LogP contribution in [0.2, 0.25) is 5.02 Å². The largest absolute Gasteiger partial charge is 0.345 e. The number of fused-ring (bicyclic) bond motifs is 3. The number of carbonyl (C=O) groups is 3. The van der Waals surface area contributed by atoms with E-state index in [-0.39, 0.29) is 17.6 Å². The van der Waals surface area contributed by atoms with Crippen LogP contribution in [0.5, 0.6) is 0 Å². The monoisotopic (exact) mass is 404 g/mol. The van der Waals surface area contributed by atoms with Crippen LogP contribution in [0.1, 0.15) is 36.6 Å². The van der Waals surface area contributed by atoms with Crippen molar-refractivity contribution in [1.82, 2.24) is 4.90 Å². The lowest BCUT2D eigenvalue weighted by Crippen LogP contribution is -2.22. The molecule has 2 amide bonds. The van der Waals surface area contributed by atoms with Crippen molar-refractivity contribution in [1.29, 1.82) is 0 Å². The molecule has 0 saturated heterocycles. The van der Waals surface area contributed by atoms with Gasteiger partial charge in [-0.15, -0.1) is 0 Å². The van der Waals surface area contributed by atoms with Crippen LogP contribution in [0.3, 0.4) is 0 Å². The maximum Gasteiger partial charge on any atom is 0.255 e. The molecule has 0 fully saturated rings. The average molecular weight is 405 g/mol. The highest BCUT2D eigenvalue weighted by Crippen LogP contribution is 2.36. The number of halogens is 1. The number of hydrogen-bond acceptors (Lipinski definition) is 3. The molecule has 0 bridgehead atoms. The van der Waals surface area contributed by atoms with Gasteiger partial charge in [0.05, 0.1) is 10.6 Å². The van der Waals surface area contributed by atoms with E-state index in [0.29, 0.717) is 33.0 Å². The normalized spacial score (nSPS) is 11.6. The van der Waals surface area contributed by atoms with Gasteiger partial charge in [0.15, 0.2) is 5.78 Å². The molecule has 0 aromatic heterocycles. The third-order valence-corrected chi connectivity index (χ3v) is 5.18. The Morgan fingerprint density at radius 2 is 1.55 bits per heavy atom. The Morgan fingerprint density at radius 3 is 2.28 bits per heavy atom. The third-order valence-electron chi connectivity index (χ3n) is 4.85. The van der Waals surface area contributed by atoms with Gasteiger partial charge in [-0.2, -0.15) is 0 Å². The first-order valence-corrected chi connectivity index (χ1v) is 9.35. The van der Waals surface area contributed by atoms with Crippen molar-refractivity contribution in [2.45, 2.75) is 0 Å². The number of anilines is 1. The summed E-state index contributed by atoms with van der Waals surface area (Å²) in [5, 5.41) is 3.08. The number of ketones is 1. The lowest BCUT2D eigenvalue weighted by atomic mass is 10.0. The van der Waals surface area contributed by atoms with Crippen molar-refractivity contribution in [3.05, 3.63) is 87.9 Å². The van der Waals surface area contributed by atoms with E-state index in [1.54, 1.807) is 50.5 Å². The highest BCUT2D eigenvalue weighted by Gasteiger charge is 2.27. The summed E-state index contributed by atoms with van der Waals surface area (Å²) in [6, 6.07) is 17.2. The van der Waals surface area contributed by atoms with Crippen LogP contribution < -0.4 is 5.32 Å². The molecule has 0 radical (unpaired) electrons. The minimum atomic E-state index is -0.373. The summed E-state index contributed by atoms with van der Waals surface area (Å²) < 4.78 is 0. The Balaban J connectivity index is 1.62. The molecule has 0 saturated carbocycles. The fourth-order valence-corrected chi connectivity index (χ4v) is 3.58. The van der Waals surface area contributed by atoms with Crippen LogP contribution >= 0.6 is 11.6 Å². The van der Waals surface area contributed by atoms with Crippen LogP contribution in [0, 0.1) is 0 Å². The molecule has 5 nitrogen and oxygen atoms in total. The lowest BCUT2D eigenvalue weighted by Gasteiger charge is -2.13. The molecule has 0 unspecified atom stereocenters. The molecule has 29 heavy (non-hydrogen) atoms. The SMILES string of the molecule is CN(C)C(=O)c1cc(NC(=O)c2ccc3c(c2)C(=O)c2ccccc2-3)ccc1Cl. The van der Waals surface area contributed by atoms with Crippen LogP contribution in [0.15, 0.2) is 60.7 Å². The highest BCUT2D eigenvalue weighted by molar-refractivity contribution is 6.34. The van der Waals surface area contributed by atoms with E-state index in [9.17, 15) is 14.4 Å². The molecule has 0 spiro atoms. The molecule has 4 rings (SSSR count). The second kappa shape index (κ2) is 7.18. The van der Waals surface area contributed by atoms with Crippen LogP contribution in [-0.2, 0) is 0 Å². The molecule has 3 aromatic rings. The second-order valence-electron chi connectivity index (χ2n) is 6.98. The first-order chi connectivity index (χ1) is 13.9. The Morgan fingerprint density at radius 1 is 0.862 bits per heavy atom. The molecule has 144 valence electrons. The standard InChI is InChI=1S/C23H17ClN2O3/c1-26(2)23(29)19-12-14(8-10-20(19)24)25-22(28)13-7-9-16-15-5-3-4-6-17(15)21(27)18(16)11-13/h3-12H,1-2H3,(H,25,28). The first-order valence-electron chi connectivity index (χ1n) is 8.97. The Kier molecular flexibility index (Phi) is 4.68. The summed E-state index contributed by atoms with van der Waals surface area (Å²) in [7, 11) is 3.26. The van der Waals surface area contributed by atoms with Crippen molar-refractivity contribution < 1.29 is 14.4 Å². The Hall–Kier alpha value is -3.44. The Bertz CT molecular complexity index is 1180. The highest BCUT2D eigenvalue weighted by atomic mass is 35.5. The zero-order chi connectivity index (χ0) is 20.7. The maximum absolute atomic E-state index is 12.7. The molecular weight excluding hydrogens is 388 g/mol. The van der Waals surface area contributed by atoms with E-state index in [2.05, 4.69) is 5.32 Å². The zero-order valence-electron chi connectivity index (χ0n) is 15.8. The second-order valence-corrected chi connectivity index (χ2v) is 7.39. The van der Waals surface area contributed by atoms with Crippen LogP contribution in [-0.4, -0.2) is 36.6 Å². The van der Waals surface area contributed by atoms with E-state index >= 15 is 0 Å². The van der Waals surface area contributed by atoms with Gasteiger partial charge >= 0.3 is 0 Å². The third kappa shape index (κ3) is 3.30. The van der Waals surface area contributed by atoms with Gasteiger partial charge in [-0.1, -0.05) is 41.9 Å². The quantitative estimate of drug-likeness (QED) is 0.546. The van der Waals surface area contributed by atoms with Crippen molar-refractivity contribution in [2.24, 2.45) is 0 Å². The average Bonchev–Trinajstić information content (AvgIpc) is 3.01. The number of nitrogens with one attached hydrogen (secondary N) is 1. The summed E-state index contributed by atoms with van der Waals surface area (Å²) in [6.45, 7) is 0. The van der Waals surface area contributed by atoms with Crippen LogP contribution in [0.25, 0.3) is 11.1 Å². The predicted molar refractivity (Wildman–Crippen MR) is 113 cm³/mol. The van der Waals surface area contributed by atoms with Gasteiger partial charge in [0, 0.05) is 36.5 Å². The van der Waals surface area contributed by atoms with Crippen molar-refractivity contribution in [2.75, 3.05) is 19.4 Å². The van der Waals surface area contributed by atoms with Gasteiger partial charge in [0.2, 0.25) is 0 Å². The minimum Gasteiger partial charge on any atom is -0.345 e. The first kappa shape index (κ1) is 18.9. The minimum absolute atomic E-state index is 0.0874. The van der Waals surface area contributed by atoms with E-state index in [4.69, 9.17) is 11.6 Å². The van der Waals surface area contributed by atoms with Crippen LogP contribution in [0.4, 0.5) is 5.69 Å². The summed E-state index contributed by atoms with van der Waals surface area (Å²) in [6.07, 6.45) is 0. The lowest BCUT2D eigenvalue weighted by molar-refractivity contribution is 0.0827. The van der Waals surface area contributed by atoms with Crippen molar-refractivity contribution >= 4 is 34.9 Å². The van der Waals surface area contributed by atoms with E-state index < -0.39 is 0 Å². The number of hydrogen-bond donors (Lipinski definition) is 1. The zero-order valence-corrected chi connectivity index (χ0v) is 16.6. The number of rotatable bonds is 3. The summed E-state index contributed by atoms with van der Waals surface area (Å²) in [5.41, 5.74) is 3.97. The van der Waals surface area contributed by atoms with Gasteiger partial charge < -0.3 is 10.2 Å². The molecule has 6 heteroatoms. The topological polar surface area (TPSA) is 66.5 Å². The smallest absolute Gasteiger partial charge is 0.255 e. The molecule has 3 aromatic carbocycles. The van der Waals surface area contributed by atoms with E-state index in [1.165, 1.54) is 11.0 Å². The van der Waals surface area contributed by atoms with Gasteiger partial charge in [0.1, 0.15) is 0 Å². The summed E-state index contributed by atoms with van der Waals surface area (Å²) in [5.74, 6) is -0.718. The molecule has 1 aliphatic carbocycles. The number of nitrogens with zero attached hydrogens (tertiary/aromatic N) is 1. The van der Waals surface area contributed by atoms with Gasteiger partial charge in [-0.05, 0) is 41.5 Å². The Labute approximate surface area is 172 Å².